The zero-order valence-corrected chi connectivity index (χ0v) is 18.2. The summed E-state index contributed by atoms with van der Waals surface area (Å²) < 4.78 is 19.1. The van der Waals surface area contributed by atoms with Gasteiger partial charge in [-0.05, 0) is 49.1 Å². The number of carbonyl (C=O) groups is 3. The Labute approximate surface area is 190 Å². The fraction of sp³-hybridized carbons (Fsp3) is 0.375. The van der Waals surface area contributed by atoms with Crippen LogP contribution in [0.4, 0.5) is 15.8 Å². The molecule has 2 unspecified atom stereocenters. The van der Waals surface area contributed by atoms with Crippen LogP contribution >= 0.6 is 11.6 Å². The number of para-hydroxylation sites is 1. The van der Waals surface area contributed by atoms with Gasteiger partial charge in [-0.3, -0.25) is 14.4 Å². The average Bonchev–Trinajstić information content (AvgIpc) is 3.23. The van der Waals surface area contributed by atoms with Gasteiger partial charge in [-0.1, -0.05) is 42.6 Å². The summed E-state index contributed by atoms with van der Waals surface area (Å²) in [5.74, 6) is -3.04. The zero-order chi connectivity index (χ0) is 22.7. The minimum atomic E-state index is -0.680. The van der Waals surface area contributed by atoms with Gasteiger partial charge in [0.1, 0.15) is 5.82 Å². The molecular formula is C24H24ClFN2O4. The van der Waals surface area contributed by atoms with Crippen molar-refractivity contribution in [2.45, 2.75) is 32.1 Å². The van der Waals surface area contributed by atoms with E-state index in [9.17, 15) is 18.8 Å². The molecular weight excluding hydrogens is 435 g/mol. The van der Waals surface area contributed by atoms with E-state index in [-0.39, 0.29) is 16.6 Å². The summed E-state index contributed by atoms with van der Waals surface area (Å²) in [5.41, 5.74) is 1.98. The minimum Gasteiger partial charge on any atom is -0.455 e. The number of carbonyl (C=O) groups excluding carboxylic acids is 3. The Hall–Kier alpha value is -2.93. The van der Waals surface area contributed by atoms with Crippen molar-refractivity contribution in [2.75, 3.05) is 23.4 Å². The van der Waals surface area contributed by atoms with Crippen LogP contribution in [0.25, 0.3) is 0 Å². The van der Waals surface area contributed by atoms with Gasteiger partial charge in [0.15, 0.2) is 6.61 Å². The first-order valence-electron chi connectivity index (χ1n) is 10.7. The van der Waals surface area contributed by atoms with Crippen LogP contribution in [-0.2, 0) is 25.5 Å². The number of fused-ring (bicyclic) bond motifs is 1. The summed E-state index contributed by atoms with van der Waals surface area (Å²) in [4.78, 5) is 40.0. The van der Waals surface area contributed by atoms with Gasteiger partial charge in [-0.2, -0.15) is 0 Å². The predicted octanol–water partition coefficient (Wildman–Crippen LogP) is 4.36. The average molecular weight is 459 g/mol. The summed E-state index contributed by atoms with van der Waals surface area (Å²) in [6.07, 6.45) is 3.64. The molecule has 0 aromatic heterocycles. The standard InChI is InChI=1S/C24H24ClFN2O4/c25-16-9-10-20(19(26)13-16)27-22(29)14-32-24(31)18-7-3-2-6-17(18)23(30)28-12-11-15-5-1-4-8-21(15)28/h1,4-5,8-10,13,17-18H,2-3,6-7,11-12,14H2,(H,27,29). The molecule has 168 valence electrons. The van der Waals surface area contributed by atoms with Gasteiger partial charge < -0.3 is 15.0 Å². The quantitative estimate of drug-likeness (QED) is 0.675. The van der Waals surface area contributed by atoms with E-state index in [1.54, 1.807) is 4.90 Å². The first-order valence-corrected chi connectivity index (χ1v) is 11.1. The highest BCUT2D eigenvalue weighted by Gasteiger charge is 2.40. The van der Waals surface area contributed by atoms with Gasteiger partial charge in [-0.25, -0.2) is 4.39 Å². The van der Waals surface area contributed by atoms with E-state index in [1.165, 1.54) is 12.1 Å². The van der Waals surface area contributed by atoms with E-state index >= 15 is 0 Å². The second kappa shape index (κ2) is 9.69. The molecule has 2 amide bonds. The molecule has 32 heavy (non-hydrogen) atoms. The maximum Gasteiger partial charge on any atom is 0.310 e. The monoisotopic (exact) mass is 458 g/mol. The smallest absolute Gasteiger partial charge is 0.310 e. The summed E-state index contributed by atoms with van der Waals surface area (Å²) in [6, 6.07) is 11.7. The normalized spacial score (nSPS) is 19.9. The van der Waals surface area contributed by atoms with Gasteiger partial charge in [0.05, 0.1) is 17.5 Å². The topological polar surface area (TPSA) is 75.7 Å². The predicted molar refractivity (Wildman–Crippen MR) is 119 cm³/mol. The highest BCUT2D eigenvalue weighted by molar-refractivity contribution is 6.30. The molecule has 6 nitrogen and oxygen atoms in total. The number of esters is 1. The van der Waals surface area contributed by atoms with E-state index < -0.39 is 36.1 Å². The Bertz CT molecular complexity index is 1040. The maximum absolute atomic E-state index is 13.8. The van der Waals surface area contributed by atoms with E-state index in [0.717, 1.165) is 36.6 Å². The second-order valence-electron chi connectivity index (χ2n) is 8.15. The Morgan fingerprint density at radius 3 is 2.62 bits per heavy atom. The molecule has 1 N–H and O–H groups in total. The fourth-order valence-electron chi connectivity index (χ4n) is 4.50. The molecule has 0 spiro atoms. The van der Waals surface area contributed by atoms with Crippen molar-refractivity contribution in [2.24, 2.45) is 11.8 Å². The van der Waals surface area contributed by atoms with Crippen molar-refractivity contribution < 1.29 is 23.5 Å². The second-order valence-corrected chi connectivity index (χ2v) is 8.58. The molecule has 1 saturated carbocycles. The molecule has 2 aromatic rings. The van der Waals surface area contributed by atoms with Crippen LogP contribution in [0.2, 0.25) is 5.02 Å². The lowest BCUT2D eigenvalue weighted by Gasteiger charge is -2.32. The van der Waals surface area contributed by atoms with Gasteiger partial charge in [0, 0.05) is 17.3 Å². The van der Waals surface area contributed by atoms with Crippen LogP contribution in [0.3, 0.4) is 0 Å². The highest BCUT2D eigenvalue weighted by atomic mass is 35.5. The van der Waals surface area contributed by atoms with Crippen LogP contribution in [0.1, 0.15) is 31.2 Å². The van der Waals surface area contributed by atoms with Gasteiger partial charge >= 0.3 is 5.97 Å². The zero-order valence-electron chi connectivity index (χ0n) is 17.5. The van der Waals surface area contributed by atoms with Crippen LogP contribution in [0.15, 0.2) is 42.5 Å². The Kier molecular flexibility index (Phi) is 6.74. The number of halogens is 2. The number of amides is 2. The van der Waals surface area contributed by atoms with Crippen molar-refractivity contribution >= 4 is 40.8 Å². The number of nitrogens with zero attached hydrogens (tertiary/aromatic N) is 1. The van der Waals surface area contributed by atoms with Crippen LogP contribution in [0.5, 0.6) is 0 Å². The van der Waals surface area contributed by atoms with Gasteiger partial charge in [0.2, 0.25) is 5.91 Å². The molecule has 1 aliphatic carbocycles. The Morgan fingerprint density at radius 1 is 1.09 bits per heavy atom. The highest BCUT2D eigenvalue weighted by Crippen LogP contribution is 2.36. The third kappa shape index (κ3) is 4.78. The number of benzene rings is 2. The lowest BCUT2D eigenvalue weighted by molar-refractivity contribution is -0.156. The number of anilines is 2. The lowest BCUT2D eigenvalue weighted by Crippen LogP contribution is -2.42. The minimum absolute atomic E-state index is 0.0473. The Morgan fingerprint density at radius 2 is 1.84 bits per heavy atom. The van der Waals surface area contributed by atoms with Crippen molar-refractivity contribution in [3.8, 4) is 0 Å². The van der Waals surface area contributed by atoms with Crippen LogP contribution in [0, 0.1) is 17.7 Å². The number of rotatable bonds is 5. The maximum atomic E-state index is 13.8. The van der Waals surface area contributed by atoms with Crippen molar-refractivity contribution in [3.05, 3.63) is 58.9 Å². The van der Waals surface area contributed by atoms with Gasteiger partial charge in [0.25, 0.3) is 5.91 Å². The van der Waals surface area contributed by atoms with E-state index in [0.29, 0.717) is 19.4 Å². The molecule has 2 aliphatic rings. The number of ether oxygens (including phenoxy) is 1. The molecule has 1 fully saturated rings. The van der Waals surface area contributed by atoms with Gasteiger partial charge in [-0.15, -0.1) is 0 Å². The van der Waals surface area contributed by atoms with E-state index in [4.69, 9.17) is 16.3 Å². The van der Waals surface area contributed by atoms with Crippen molar-refractivity contribution in [1.82, 2.24) is 0 Å². The summed E-state index contributed by atoms with van der Waals surface area (Å²) in [5, 5.41) is 2.57. The number of hydrogen-bond donors (Lipinski definition) is 1. The van der Waals surface area contributed by atoms with Crippen molar-refractivity contribution in [3.63, 3.8) is 0 Å². The van der Waals surface area contributed by atoms with Crippen LogP contribution in [-0.4, -0.2) is 30.9 Å². The third-order valence-electron chi connectivity index (χ3n) is 6.09. The van der Waals surface area contributed by atoms with Crippen LogP contribution < -0.4 is 10.2 Å². The first kappa shape index (κ1) is 22.3. The summed E-state index contributed by atoms with van der Waals surface area (Å²) >= 11 is 5.70. The molecule has 2 aromatic carbocycles. The number of hydrogen-bond acceptors (Lipinski definition) is 4. The van der Waals surface area contributed by atoms with E-state index in [1.807, 2.05) is 24.3 Å². The molecule has 0 bridgehead atoms. The summed E-state index contributed by atoms with van der Waals surface area (Å²) in [7, 11) is 0. The fourth-order valence-corrected chi connectivity index (χ4v) is 4.66. The molecule has 0 saturated heterocycles. The molecule has 1 heterocycles. The summed E-state index contributed by atoms with van der Waals surface area (Å²) in [6.45, 7) is 0.0520. The molecule has 2 atom stereocenters. The van der Waals surface area contributed by atoms with Crippen molar-refractivity contribution in [1.29, 1.82) is 0 Å². The molecule has 8 heteroatoms. The molecule has 4 rings (SSSR count). The molecule has 0 radical (unpaired) electrons. The number of nitrogens with one attached hydrogen (secondary N) is 1. The third-order valence-corrected chi connectivity index (χ3v) is 6.32. The van der Waals surface area contributed by atoms with E-state index in [2.05, 4.69) is 5.32 Å². The Balaban J connectivity index is 1.37. The SMILES string of the molecule is O=C(COC(=O)C1CCCCC1C(=O)N1CCc2ccccc21)Nc1ccc(Cl)cc1F. The first-order chi connectivity index (χ1) is 15.4. The lowest BCUT2D eigenvalue weighted by atomic mass is 9.78. The molecule has 1 aliphatic heterocycles. The largest absolute Gasteiger partial charge is 0.455 e.